The van der Waals surface area contributed by atoms with Gasteiger partial charge in [0, 0.05) is 6.54 Å². The number of hydrogen-bond acceptors (Lipinski definition) is 5. The van der Waals surface area contributed by atoms with Gasteiger partial charge in [0.1, 0.15) is 12.1 Å². The minimum atomic E-state index is -3.75. The van der Waals surface area contributed by atoms with Crippen molar-refractivity contribution in [1.82, 2.24) is 15.5 Å². The fraction of sp³-hybridized carbons (Fsp3) is 0.571. The summed E-state index contributed by atoms with van der Waals surface area (Å²) >= 11 is 0. The van der Waals surface area contributed by atoms with Crippen molar-refractivity contribution in [3.8, 4) is 0 Å². The number of rotatable bonds is 6. The minimum absolute atomic E-state index is 0.0213. The highest BCUT2D eigenvalue weighted by molar-refractivity contribution is 7.89. The average molecular weight is 451 g/mol. The normalized spacial score (nSPS) is 25.5. The first kappa shape index (κ1) is 23.2. The van der Waals surface area contributed by atoms with Crippen LogP contribution in [0.3, 0.4) is 0 Å². The molecular weight excluding hydrogens is 420 g/mol. The van der Waals surface area contributed by atoms with Gasteiger partial charge in [-0.25, -0.2) is 18.4 Å². The molecule has 1 aromatic rings. The molecule has 0 aromatic heterocycles. The summed E-state index contributed by atoms with van der Waals surface area (Å²) in [6, 6.07) is 5.54. The van der Waals surface area contributed by atoms with E-state index in [1.807, 2.05) is 0 Å². The fourth-order valence-corrected chi connectivity index (χ4v) is 5.56. The Kier molecular flexibility index (Phi) is 6.16. The number of urea groups is 1. The number of hydrogen-bond donors (Lipinski definition) is 3. The molecule has 1 saturated carbocycles. The maximum Gasteiger partial charge on any atom is 0.325 e. The third-order valence-electron chi connectivity index (χ3n) is 5.91. The number of nitrogens with one attached hydrogen (secondary N) is 2. The smallest absolute Gasteiger partial charge is 0.325 e. The SMILES string of the molecule is C[C@@H]1CC(C)(C)C[C@]2(C1)NC(=O)N(CC(=O)NCCc1ccc(S(N)(=O)=O)cc1)C2=O. The second-order valence-corrected chi connectivity index (χ2v) is 11.1. The van der Waals surface area contributed by atoms with Gasteiger partial charge in [0.15, 0.2) is 0 Å². The van der Waals surface area contributed by atoms with Gasteiger partial charge in [-0.15, -0.1) is 0 Å². The molecule has 2 atom stereocenters. The van der Waals surface area contributed by atoms with Gasteiger partial charge in [-0.05, 0) is 54.7 Å². The highest BCUT2D eigenvalue weighted by atomic mass is 32.2. The van der Waals surface area contributed by atoms with Crippen molar-refractivity contribution in [2.24, 2.45) is 16.5 Å². The maximum atomic E-state index is 13.1. The third-order valence-corrected chi connectivity index (χ3v) is 6.84. The van der Waals surface area contributed by atoms with Crippen molar-refractivity contribution in [2.45, 2.75) is 56.9 Å². The summed E-state index contributed by atoms with van der Waals surface area (Å²) in [7, 11) is -3.75. The predicted octanol–water partition coefficient (Wildman–Crippen LogP) is 1.13. The largest absolute Gasteiger partial charge is 0.354 e. The number of sulfonamides is 1. The summed E-state index contributed by atoms with van der Waals surface area (Å²) in [6.07, 6.45) is 2.58. The van der Waals surface area contributed by atoms with Crippen LogP contribution in [-0.2, 0) is 26.0 Å². The molecule has 0 radical (unpaired) electrons. The molecule has 31 heavy (non-hydrogen) atoms. The van der Waals surface area contributed by atoms with E-state index in [4.69, 9.17) is 5.14 Å². The monoisotopic (exact) mass is 450 g/mol. The van der Waals surface area contributed by atoms with E-state index in [0.29, 0.717) is 25.2 Å². The Labute approximate surface area is 182 Å². The van der Waals surface area contributed by atoms with Gasteiger partial charge < -0.3 is 10.6 Å². The van der Waals surface area contributed by atoms with Gasteiger partial charge in [-0.2, -0.15) is 0 Å². The van der Waals surface area contributed by atoms with Crippen LogP contribution in [0.5, 0.6) is 0 Å². The Hall–Kier alpha value is -2.46. The van der Waals surface area contributed by atoms with Crippen molar-refractivity contribution in [2.75, 3.05) is 13.1 Å². The molecule has 4 N–H and O–H groups in total. The molecule has 2 fully saturated rings. The van der Waals surface area contributed by atoms with Crippen LogP contribution in [0.25, 0.3) is 0 Å². The van der Waals surface area contributed by atoms with Crippen molar-refractivity contribution < 1.29 is 22.8 Å². The highest BCUT2D eigenvalue weighted by Gasteiger charge is 2.56. The lowest BCUT2D eigenvalue weighted by Gasteiger charge is -2.43. The molecule has 2 aliphatic rings. The number of carbonyl (C=O) groups is 3. The van der Waals surface area contributed by atoms with Gasteiger partial charge in [0.2, 0.25) is 15.9 Å². The van der Waals surface area contributed by atoms with Crippen molar-refractivity contribution >= 4 is 27.9 Å². The first-order valence-corrected chi connectivity index (χ1v) is 11.9. The quantitative estimate of drug-likeness (QED) is 0.558. The lowest BCUT2D eigenvalue weighted by Crippen LogP contribution is -2.54. The van der Waals surface area contributed by atoms with Crippen LogP contribution in [0, 0.1) is 11.3 Å². The van der Waals surface area contributed by atoms with Crippen LogP contribution in [0.2, 0.25) is 0 Å². The Morgan fingerprint density at radius 2 is 1.87 bits per heavy atom. The number of amides is 4. The van der Waals surface area contributed by atoms with Gasteiger partial charge >= 0.3 is 6.03 Å². The van der Waals surface area contributed by atoms with E-state index in [2.05, 4.69) is 31.4 Å². The Morgan fingerprint density at radius 3 is 2.45 bits per heavy atom. The summed E-state index contributed by atoms with van der Waals surface area (Å²) in [4.78, 5) is 38.9. The van der Waals surface area contributed by atoms with Crippen LogP contribution >= 0.6 is 0 Å². The standard InChI is InChI=1S/C21H30N4O5S/c1-14-10-20(2,3)13-21(11-14)18(27)25(19(28)24-21)12-17(26)23-9-8-15-4-6-16(7-5-15)31(22,29)30/h4-7,14H,8-13H2,1-3H3,(H,23,26)(H,24,28)(H2,22,29,30)/t14-,21+/m1/s1. The van der Waals surface area contributed by atoms with E-state index < -0.39 is 27.5 Å². The molecule has 1 aromatic carbocycles. The van der Waals surface area contributed by atoms with Gasteiger partial charge in [-0.3, -0.25) is 14.5 Å². The lowest BCUT2D eigenvalue weighted by molar-refractivity contribution is -0.137. The van der Waals surface area contributed by atoms with Crippen LogP contribution in [0.15, 0.2) is 29.2 Å². The van der Waals surface area contributed by atoms with E-state index in [1.54, 1.807) is 12.1 Å². The molecule has 1 aliphatic heterocycles. The number of benzene rings is 1. The third kappa shape index (κ3) is 5.24. The second kappa shape index (κ2) is 8.23. The molecule has 3 rings (SSSR count). The molecule has 170 valence electrons. The van der Waals surface area contributed by atoms with Gasteiger partial charge in [0.25, 0.3) is 5.91 Å². The molecule has 1 spiro atoms. The summed E-state index contributed by atoms with van der Waals surface area (Å²) in [5, 5.41) is 10.6. The summed E-state index contributed by atoms with van der Waals surface area (Å²) in [6.45, 7) is 6.22. The summed E-state index contributed by atoms with van der Waals surface area (Å²) in [5.41, 5.74) is -0.179. The minimum Gasteiger partial charge on any atom is -0.354 e. The number of imide groups is 1. The molecule has 1 saturated heterocycles. The number of nitrogens with zero attached hydrogens (tertiary/aromatic N) is 1. The zero-order valence-electron chi connectivity index (χ0n) is 18.1. The van der Waals surface area contributed by atoms with Crippen LogP contribution < -0.4 is 15.8 Å². The van der Waals surface area contributed by atoms with E-state index in [0.717, 1.165) is 16.9 Å². The van der Waals surface area contributed by atoms with Gasteiger partial charge in [0.05, 0.1) is 4.90 Å². The van der Waals surface area contributed by atoms with Crippen molar-refractivity contribution in [3.05, 3.63) is 29.8 Å². The molecule has 1 heterocycles. The van der Waals surface area contributed by atoms with Gasteiger partial charge in [-0.1, -0.05) is 32.9 Å². The highest BCUT2D eigenvalue weighted by Crippen LogP contribution is 2.46. The van der Waals surface area contributed by atoms with E-state index in [9.17, 15) is 22.8 Å². The molecular formula is C21H30N4O5S. The number of nitrogens with two attached hydrogens (primary N) is 1. The topological polar surface area (TPSA) is 139 Å². The molecule has 0 unspecified atom stereocenters. The van der Waals surface area contributed by atoms with E-state index in [-0.39, 0.29) is 29.3 Å². The number of primary sulfonamides is 1. The summed E-state index contributed by atoms with van der Waals surface area (Å²) < 4.78 is 22.6. The number of carbonyl (C=O) groups excluding carboxylic acids is 3. The first-order valence-electron chi connectivity index (χ1n) is 10.3. The predicted molar refractivity (Wildman–Crippen MR) is 114 cm³/mol. The van der Waals surface area contributed by atoms with E-state index >= 15 is 0 Å². The van der Waals surface area contributed by atoms with Crippen LogP contribution in [0.4, 0.5) is 4.79 Å². The first-order chi connectivity index (χ1) is 14.3. The Morgan fingerprint density at radius 1 is 1.23 bits per heavy atom. The van der Waals surface area contributed by atoms with Crippen molar-refractivity contribution in [3.63, 3.8) is 0 Å². The summed E-state index contributed by atoms with van der Waals surface area (Å²) in [5.74, 6) is -0.460. The van der Waals surface area contributed by atoms with Crippen molar-refractivity contribution in [1.29, 1.82) is 0 Å². The van der Waals surface area contributed by atoms with Crippen LogP contribution in [-0.4, -0.2) is 49.8 Å². The van der Waals surface area contributed by atoms with Crippen LogP contribution in [0.1, 0.15) is 45.6 Å². The van der Waals surface area contributed by atoms with E-state index in [1.165, 1.54) is 12.1 Å². The molecule has 1 aliphatic carbocycles. The second-order valence-electron chi connectivity index (χ2n) is 9.55. The Bertz CT molecular complexity index is 990. The molecule has 9 nitrogen and oxygen atoms in total. The molecule has 0 bridgehead atoms. The maximum absolute atomic E-state index is 13.1. The Balaban J connectivity index is 1.55. The molecule has 4 amide bonds. The fourth-order valence-electron chi connectivity index (χ4n) is 5.04. The lowest BCUT2D eigenvalue weighted by atomic mass is 9.64. The average Bonchev–Trinajstić information content (AvgIpc) is 2.83. The zero-order chi connectivity index (χ0) is 23.0. The molecule has 10 heteroatoms. The zero-order valence-corrected chi connectivity index (χ0v) is 18.9.